The van der Waals surface area contributed by atoms with Crippen LogP contribution in [0.25, 0.3) is 5.76 Å². The number of Topliss-reactive ketones (excluding diaryl/α,β-unsaturated/α-hetero) is 1. The Bertz CT molecular complexity index is 1150. The molecule has 3 aromatic rings. The van der Waals surface area contributed by atoms with Crippen LogP contribution >= 0.6 is 0 Å². The van der Waals surface area contributed by atoms with Gasteiger partial charge in [0.15, 0.2) is 0 Å². The second-order valence-electron chi connectivity index (χ2n) is 7.24. The molecule has 7 nitrogen and oxygen atoms in total. The van der Waals surface area contributed by atoms with E-state index in [1.54, 1.807) is 67.8 Å². The molecule has 1 aromatic heterocycles. The lowest BCUT2D eigenvalue weighted by molar-refractivity contribution is -0.140. The topological polar surface area (TPSA) is 89.2 Å². The number of ether oxygens (including phenoxy) is 2. The number of carbonyl (C=O) groups excluding carboxylic acids is 2. The van der Waals surface area contributed by atoms with Crippen LogP contribution in [0.4, 0.5) is 0 Å². The first-order valence-electron chi connectivity index (χ1n) is 10.2. The Morgan fingerprint density at radius 1 is 1.06 bits per heavy atom. The van der Waals surface area contributed by atoms with Crippen molar-refractivity contribution in [1.29, 1.82) is 0 Å². The molecule has 2 heterocycles. The summed E-state index contributed by atoms with van der Waals surface area (Å²) in [5.41, 5.74) is 1.07. The predicted molar refractivity (Wildman–Crippen MR) is 117 cm³/mol. The van der Waals surface area contributed by atoms with Crippen molar-refractivity contribution in [3.63, 3.8) is 0 Å². The summed E-state index contributed by atoms with van der Waals surface area (Å²) >= 11 is 0. The minimum absolute atomic E-state index is 0.0129. The van der Waals surface area contributed by atoms with Crippen LogP contribution in [0.2, 0.25) is 0 Å². The van der Waals surface area contributed by atoms with Gasteiger partial charge in [-0.3, -0.25) is 9.59 Å². The van der Waals surface area contributed by atoms with Crippen molar-refractivity contribution in [2.24, 2.45) is 0 Å². The number of ketones is 1. The van der Waals surface area contributed by atoms with Gasteiger partial charge in [-0.25, -0.2) is 0 Å². The largest absolute Gasteiger partial charge is 0.507 e. The molecule has 1 fully saturated rings. The van der Waals surface area contributed by atoms with E-state index in [0.29, 0.717) is 35.0 Å². The zero-order valence-corrected chi connectivity index (χ0v) is 17.8. The molecule has 0 spiro atoms. The van der Waals surface area contributed by atoms with Gasteiger partial charge in [-0.15, -0.1) is 0 Å². The maximum Gasteiger partial charge on any atom is 0.296 e. The molecular formula is C25H23NO6. The first kappa shape index (κ1) is 21.2. The van der Waals surface area contributed by atoms with Crippen molar-refractivity contribution in [3.05, 3.63) is 89.4 Å². The first-order chi connectivity index (χ1) is 15.5. The lowest BCUT2D eigenvalue weighted by Crippen LogP contribution is -2.29. The van der Waals surface area contributed by atoms with E-state index in [-0.39, 0.29) is 17.9 Å². The van der Waals surface area contributed by atoms with Gasteiger partial charge in [0.25, 0.3) is 11.7 Å². The number of aliphatic hydroxyl groups excluding tert-OH is 1. The summed E-state index contributed by atoms with van der Waals surface area (Å²) in [7, 11) is 1.54. The minimum atomic E-state index is -0.804. The summed E-state index contributed by atoms with van der Waals surface area (Å²) in [5, 5.41) is 11.1. The van der Waals surface area contributed by atoms with E-state index in [1.165, 1.54) is 11.2 Å². The SMILES string of the molecule is CCOc1ccc(C(O)=C2C(=O)C(=O)N(Cc3ccco3)C2c2cccc(OC)c2)cc1. The monoisotopic (exact) mass is 433 g/mol. The number of likely N-dealkylation sites (tertiary alicyclic amines) is 1. The smallest absolute Gasteiger partial charge is 0.296 e. The summed E-state index contributed by atoms with van der Waals surface area (Å²) < 4.78 is 16.2. The molecule has 2 aromatic carbocycles. The molecule has 1 aliphatic heterocycles. The van der Waals surface area contributed by atoms with Crippen LogP contribution in [0, 0.1) is 0 Å². The molecule has 0 saturated carbocycles. The number of aliphatic hydroxyl groups is 1. The van der Waals surface area contributed by atoms with Crippen molar-refractivity contribution < 1.29 is 28.6 Å². The van der Waals surface area contributed by atoms with Gasteiger partial charge in [0.1, 0.15) is 23.0 Å². The van der Waals surface area contributed by atoms with Crippen LogP contribution in [-0.2, 0) is 16.1 Å². The standard InChI is InChI=1S/C25H23NO6/c1-3-31-18-11-9-16(10-12-18)23(27)21-22(17-6-4-7-19(14-17)30-2)26(25(29)24(21)28)15-20-8-5-13-32-20/h4-14,22,27H,3,15H2,1-2H3. The molecule has 1 saturated heterocycles. The Hall–Kier alpha value is -4.00. The van der Waals surface area contributed by atoms with Crippen LogP contribution in [0.5, 0.6) is 11.5 Å². The van der Waals surface area contributed by atoms with E-state index in [1.807, 2.05) is 6.92 Å². The van der Waals surface area contributed by atoms with E-state index in [2.05, 4.69) is 0 Å². The van der Waals surface area contributed by atoms with Crippen molar-refractivity contribution in [3.8, 4) is 11.5 Å². The predicted octanol–water partition coefficient (Wildman–Crippen LogP) is 4.31. The second kappa shape index (κ2) is 9.01. The first-order valence-corrected chi connectivity index (χ1v) is 10.2. The number of hydrogen-bond acceptors (Lipinski definition) is 6. The maximum absolute atomic E-state index is 13.1. The second-order valence-corrected chi connectivity index (χ2v) is 7.24. The van der Waals surface area contributed by atoms with E-state index in [4.69, 9.17) is 13.9 Å². The van der Waals surface area contributed by atoms with Gasteiger partial charge in [0, 0.05) is 5.56 Å². The van der Waals surface area contributed by atoms with Crippen LogP contribution in [0.3, 0.4) is 0 Å². The molecule has 1 unspecified atom stereocenters. The van der Waals surface area contributed by atoms with Crippen LogP contribution in [0.15, 0.2) is 76.9 Å². The van der Waals surface area contributed by atoms with Gasteiger partial charge in [-0.05, 0) is 61.0 Å². The zero-order valence-electron chi connectivity index (χ0n) is 17.8. The summed E-state index contributed by atoms with van der Waals surface area (Å²) in [4.78, 5) is 27.5. The van der Waals surface area contributed by atoms with Gasteiger partial charge in [0.2, 0.25) is 0 Å². The fraction of sp³-hybridized carbons (Fsp3) is 0.200. The van der Waals surface area contributed by atoms with Crippen molar-refractivity contribution in [2.75, 3.05) is 13.7 Å². The highest BCUT2D eigenvalue weighted by molar-refractivity contribution is 6.46. The van der Waals surface area contributed by atoms with Gasteiger partial charge >= 0.3 is 0 Å². The molecular weight excluding hydrogens is 410 g/mol. The van der Waals surface area contributed by atoms with E-state index in [9.17, 15) is 14.7 Å². The summed E-state index contributed by atoms with van der Waals surface area (Å²) in [6.45, 7) is 2.47. The number of benzene rings is 2. The third kappa shape index (κ3) is 3.97. The summed E-state index contributed by atoms with van der Waals surface area (Å²) in [5.74, 6) is 0.0401. The molecule has 164 valence electrons. The Kier molecular flexibility index (Phi) is 5.98. The zero-order chi connectivity index (χ0) is 22.7. The molecule has 7 heteroatoms. The number of furan rings is 1. The minimum Gasteiger partial charge on any atom is -0.507 e. The average Bonchev–Trinajstić information content (AvgIpc) is 3.42. The number of methoxy groups -OCH3 is 1. The third-order valence-corrected chi connectivity index (χ3v) is 5.29. The average molecular weight is 433 g/mol. The molecule has 0 radical (unpaired) electrons. The Morgan fingerprint density at radius 2 is 1.84 bits per heavy atom. The molecule has 1 amide bonds. The number of carbonyl (C=O) groups is 2. The van der Waals surface area contributed by atoms with Crippen molar-refractivity contribution in [2.45, 2.75) is 19.5 Å². The molecule has 0 bridgehead atoms. The molecule has 1 N–H and O–H groups in total. The van der Waals surface area contributed by atoms with Crippen LogP contribution < -0.4 is 9.47 Å². The van der Waals surface area contributed by atoms with Gasteiger partial charge < -0.3 is 23.9 Å². The van der Waals surface area contributed by atoms with Gasteiger partial charge in [-0.2, -0.15) is 0 Å². The lowest BCUT2D eigenvalue weighted by atomic mass is 9.95. The molecule has 32 heavy (non-hydrogen) atoms. The van der Waals surface area contributed by atoms with Crippen molar-refractivity contribution in [1.82, 2.24) is 4.90 Å². The highest BCUT2D eigenvalue weighted by Crippen LogP contribution is 2.41. The normalized spacial score (nSPS) is 17.6. The fourth-order valence-electron chi connectivity index (χ4n) is 3.80. The van der Waals surface area contributed by atoms with E-state index in [0.717, 1.165) is 0 Å². The van der Waals surface area contributed by atoms with E-state index < -0.39 is 17.7 Å². The number of amides is 1. The van der Waals surface area contributed by atoms with Crippen molar-refractivity contribution >= 4 is 17.4 Å². The summed E-state index contributed by atoms with van der Waals surface area (Å²) in [6, 6.07) is 16.5. The Labute approximate surface area is 185 Å². The number of hydrogen-bond donors (Lipinski definition) is 1. The number of rotatable bonds is 7. The Morgan fingerprint density at radius 3 is 2.50 bits per heavy atom. The lowest BCUT2D eigenvalue weighted by Gasteiger charge is -2.24. The van der Waals surface area contributed by atoms with E-state index >= 15 is 0 Å². The Balaban J connectivity index is 1.83. The fourth-order valence-corrected chi connectivity index (χ4v) is 3.80. The van der Waals surface area contributed by atoms with Crippen LogP contribution in [0.1, 0.15) is 29.9 Å². The molecule has 4 rings (SSSR count). The molecule has 1 atom stereocenters. The molecule has 1 aliphatic rings. The van der Waals surface area contributed by atoms with Gasteiger partial charge in [0.05, 0.1) is 38.1 Å². The van der Waals surface area contributed by atoms with Gasteiger partial charge in [-0.1, -0.05) is 12.1 Å². The summed E-state index contributed by atoms with van der Waals surface area (Å²) in [6.07, 6.45) is 1.51. The van der Waals surface area contributed by atoms with Crippen LogP contribution in [-0.4, -0.2) is 35.4 Å². The highest BCUT2D eigenvalue weighted by atomic mass is 16.5. The molecule has 0 aliphatic carbocycles. The maximum atomic E-state index is 13.1. The highest BCUT2D eigenvalue weighted by Gasteiger charge is 2.46. The quantitative estimate of drug-likeness (QED) is 0.339. The number of nitrogens with zero attached hydrogens (tertiary/aromatic N) is 1. The third-order valence-electron chi connectivity index (χ3n) is 5.29.